The number of aromatic nitrogens is 1. The van der Waals surface area contributed by atoms with E-state index in [4.69, 9.17) is 10.5 Å². The van der Waals surface area contributed by atoms with Gasteiger partial charge in [-0.3, -0.25) is 4.79 Å². The van der Waals surface area contributed by atoms with Gasteiger partial charge in [-0.15, -0.1) is 0 Å². The van der Waals surface area contributed by atoms with Gasteiger partial charge in [0.05, 0.1) is 12.7 Å². The van der Waals surface area contributed by atoms with Gasteiger partial charge in [-0.05, 0) is 18.6 Å². The van der Waals surface area contributed by atoms with E-state index in [1.807, 2.05) is 37.3 Å². The van der Waals surface area contributed by atoms with Crippen molar-refractivity contribution in [3.8, 4) is 0 Å². The van der Waals surface area contributed by atoms with Gasteiger partial charge in [0, 0.05) is 24.5 Å². The largest absolute Gasteiger partial charge is 0.398 e. The third kappa shape index (κ3) is 3.69. The maximum absolute atomic E-state index is 11.6. The molecule has 0 fully saturated rings. The summed E-state index contributed by atoms with van der Waals surface area (Å²) in [7, 11) is 0. The molecule has 4 nitrogen and oxygen atoms in total. The van der Waals surface area contributed by atoms with Crippen molar-refractivity contribution in [1.82, 2.24) is 4.57 Å². The number of nitrogens with zero attached hydrogens (tertiary/aromatic N) is 1. The maximum atomic E-state index is 11.6. The van der Waals surface area contributed by atoms with Gasteiger partial charge in [0.2, 0.25) is 0 Å². The monoisotopic (exact) mass is 258 g/mol. The summed E-state index contributed by atoms with van der Waals surface area (Å²) in [5.74, 6) is 0. The Hall–Kier alpha value is -2.07. The Morgan fingerprint density at radius 3 is 2.68 bits per heavy atom. The zero-order chi connectivity index (χ0) is 13.7. The summed E-state index contributed by atoms with van der Waals surface area (Å²) in [5.41, 5.74) is 7.29. The number of anilines is 1. The van der Waals surface area contributed by atoms with Crippen LogP contribution in [0.3, 0.4) is 0 Å². The van der Waals surface area contributed by atoms with E-state index in [2.05, 4.69) is 0 Å². The minimum absolute atomic E-state index is 0.0120. The minimum atomic E-state index is -0.0647. The molecule has 0 saturated heterocycles. The van der Waals surface area contributed by atoms with Crippen LogP contribution in [0.1, 0.15) is 18.6 Å². The fourth-order valence-electron chi connectivity index (χ4n) is 1.87. The molecule has 4 heteroatoms. The first-order chi connectivity index (χ1) is 9.16. The third-order valence-corrected chi connectivity index (χ3v) is 2.98. The van der Waals surface area contributed by atoms with Crippen LogP contribution < -0.4 is 11.3 Å². The fraction of sp³-hybridized carbons (Fsp3) is 0.267. The Morgan fingerprint density at radius 2 is 1.95 bits per heavy atom. The molecule has 1 aromatic carbocycles. The van der Waals surface area contributed by atoms with Crippen molar-refractivity contribution in [2.45, 2.75) is 19.6 Å². The number of hydrogen-bond acceptors (Lipinski definition) is 3. The highest BCUT2D eigenvalue weighted by atomic mass is 16.5. The van der Waals surface area contributed by atoms with Gasteiger partial charge in [-0.1, -0.05) is 30.3 Å². The molecule has 1 unspecified atom stereocenters. The number of rotatable bonds is 5. The normalized spacial score (nSPS) is 12.3. The second-order valence-electron chi connectivity index (χ2n) is 4.42. The van der Waals surface area contributed by atoms with Crippen LogP contribution >= 0.6 is 0 Å². The van der Waals surface area contributed by atoms with Crippen LogP contribution in [-0.2, 0) is 11.3 Å². The molecule has 0 aliphatic carbocycles. The minimum Gasteiger partial charge on any atom is -0.398 e. The first-order valence-electron chi connectivity index (χ1n) is 6.29. The van der Waals surface area contributed by atoms with Crippen LogP contribution in [0.4, 0.5) is 5.69 Å². The van der Waals surface area contributed by atoms with Crippen molar-refractivity contribution in [1.29, 1.82) is 0 Å². The maximum Gasteiger partial charge on any atom is 0.250 e. The molecule has 0 radical (unpaired) electrons. The lowest BCUT2D eigenvalue weighted by Crippen LogP contribution is -2.21. The standard InChI is InChI=1S/C15H18N2O2/c1-12(13-5-3-2-4-6-13)19-10-9-17-11-14(16)7-8-15(17)18/h2-8,11-12H,9-10,16H2,1H3. The van der Waals surface area contributed by atoms with Crippen LogP contribution in [0, 0.1) is 0 Å². The summed E-state index contributed by atoms with van der Waals surface area (Å²) in [4.78, 5) is 11.6. The van der Waals surface area contributed by atoms with E-state index in [-0.39, 0.29) is 11.7 Å². The van der Waals surface area contributed by atoms with E-state index >= 15 is 0 Å². The first kappa shape index (κ1) is 13.4. The molecule has 0 aliphatic rings. The van der Waals surface area contributed by atoms with Crippen molar-refractivity contribution in [3.63, 3.8) is 0 Å². The Balaban J connectivity index is 1.90. The second kappa shape index (κ2) is 6.20. The lowest BCUT2D eigenvalue weighted by atomic mass is 10.1. The molecule has 1 atom stereocenters. The fourth-order valence-corrected chi connectivity index (χ4v) is 1.87. The predicted molar refractivity (Wildman–Crippen MR) is 75.9 cm³/mol. The van der Waals surface area contributed by atoms with Gasteiger partial charge in [0.1, 0.15) is 0 Å². The first-order valence-corrected chi connectivity index (χ1v) is 6.29. The Bertz CT molecular complexity index is 578. The van der Waals surface area contributed by atoms with E-state index in [1.54, 1.807) is 16.8 Å². The molecule has 19 heavy (non-hydrogen) atoms. The molecule has 1 aromatic heterocycles. The average Bonchev–Trinajstić information content (AvgIpc) is 2.43. The summed E-state index contributed by atoms with van der Waals surface area (Å²) < 4.78 is 7.29. The summed E-state index contributed by atoms with van der Waals surface area (Å²) in [6.45, 7) is 2.97. The predicted octanol–water partition coefficient (Wildman–Crippen LogP) is 2.21. The van der Waals surface area contributed by atoms with Crippen LogP contribution in [0.5, 0.6) is 0 Å². The molecule has 2 aromatic rings. The van der Waals surface area contributed by atoms with E-state index in [0.717, 1.165) is 5.56 Å². The molecular weight excluding hydrogens is 240 g/mol. The summed E-state index contributed by atoms with van der Waals surface area (Å²) in [5, 5.41) is 0. The quantitative estimate of drug-likeness (QED) is 0.894. The Kier molecular flexibility index (Phi) is 4.36. The second-order valence-corrected chi connectivity index (χ2v) is 4.42. The van der Waals surface area contributed by atoms with E-state index in [9.17, 15) is 4.79 Å². The molecule has 0 spiro atoms. The highest BCUT2D eigenvalue weighted by Crippen LogP contribution is 2.15. The molecule has 2 rings (SSSR count). The van der Waals surface area contributed by atoms with Crippen molar-refractivity contribution < 1.29 is 4.74 Å². The number of ether oxygens (including phenoxy) is 1. The van der Waals surface area contributed by atoms with E-state index in [0.29, 0.717) is 18.8 Å². The van der Waals surface area contributed by atoms with Gasteiger partial charge in [-0.25, -0.2) is 0 Å². The zero-order valence-corrected chi connectivity index (χ0v) is 11.0. The summed E-state index contributed by atoms with van der Waals surface area (Å²) in [6, 6.07) is 13.1. The molecule has 0 aliphatic heterocycles. The van der Waals surface area contributed by atoms with E-state index < -0.39 is 0 Å². The summed E-state index contributed by atoms with van der Waals surface area (Å²) in [6.07, 6.45) is 1.65. The van der Waals surface area contributed by atoms with Crippen LogP contribution in [-0.4, -0.2) is 11.2 Å². The van der Waals surface area contributed by atoms with Gasteiger partial charge < -0.3 is 15.0 Å². The summed E-state index contributed by atoms with van der Waals surface area (Å²) >= 11 is 0. The highest BCUT2D eigenvalue weighted by Gasteiger charge is 2.05. The van der Waals surface area contributed by atoms with Gasteiger partial charge in [0.25, 0.3) is 5.56 Å². The van der Waals surface area contributed by atoms with Crippen molar-refractivity contribution in [2.24, 2.45) is 0 Å². The SMILES string of the molecule is CC(OCCn1cc(N)ccc1=O)c1ccccc1. The van der Waals surface area contributed by atoms with Gasteiger partial charge in [-0.2, -0.15) is 0 Å². The highest BCUT2D eigenvalue weighted by molar-refractivity contribution is 5.33. The average molecular weight is 258 g/mol. The topological polar surface area (TPSA) is 57.2 Å². The zero-order valence-electron chi connectivity index (χ0n) is 11.0. The van der Waals surface area contributed by atoms with Crippen LogP contribution in [0.25, 0.3) is 0 Å². The molecule has 0 saturated carbocycles. The van der Waals surface area contributed by atoms with E-state index in [1.165, 1.54) is 6.07 Å². The lowest BCUT2D eigenvalue weighted by Gasteiger charge is -2.14. The van der Waals surface area contributed by atoms with Gasteiger partial charge >= 0.3 is 0 Å². The third-order valence-electron chi connectivity index (χ3n) is 2.98. The lowest BCUT2D eigenvalue weighted by molar-refractivity contribution is 0.0595. The van der Waals surface area contributed by atoms with Crippen LogP contribution in [0.15, 0.2) is 53.5 Å². The Morgan fingerprint density at radius 1 is 1.21 bits per heavy atom. The van der Waals surface area contributed by atoms with Gasteiger partial charge in [0.15, 0.2) is 0 Å². The molecule has 0 bridgehead atoms. The smallest absolute Gasteiger partial charge is 0.250 e. The molecule has 100 valence electrons. The van der Waals surface area contributed by atoms with Crippen molar-refractivity contribution in [3.05, 3.63) is 64.6 Å². The molecular formula is C15H18N2O2. The number of pyridine rings is 1. The molecule has 0 amide bonds. The van der Waals surface area contributed by atoms with Crippen molar-refractivity contribution >= 4 is 5.69 Å². The molecule has 1 heterocycles. The number of nitrogen functional groups attached to an aromatic ring is 1. The molecule has 2 N–H and O–H groups in total. The van der Waals surface area contributed by atoms with Crippen LogP contribution in [0.2, 0.25) is 0 Å². The number of hydrogen-bond donors (Lipinski definition) is 1. The number of benzene rings is 1. The Labute approximate surface area is 112 Å². The van der Waals surface area contributed by atoms with Crippen molar-refractivity contribution in [2.75, 3.05) is 12.3 Å². The number of nitrogens with two attached hydrogens (primary N) is 1.